The van der Waals surface area contributed by atoms with Crippen LogP contribution in [0.2, 0.25) is 0 Å². The van der Waals surface area contributed by atoms with Crippen LogP contribution in [-0.2, 0) is 14.3 Å². The summed E-state index contributed by atoms with van der Waals surface area (Å²) in [6, 6.07) is 0. The Balaban J connectivity index is 1.78. The first-order chi connectivity index (χ1) is 8.05. The molecule has 2 N–H and O–H groups in total. The molecule has 1 saturated carbocycles. The average Bonchev–Trinajstić information content (AvgIpc) is 3.08. The first-order valence-corrected chi connectivity index (χ1v) is 5.92. The highest BCUT2D eigenvalue weighted by Crippen LogP contribution is 2.34. The molecule has 0 unspecified atom stereocenters. The second-order valence-electron chi connectivity index (χ2n) is 4.80. The van der Waals surface area contributed by atoms with Gasteiger partial charge in [0.15, 0.2) is 0 Å². The largest absolute Gasteiger partial charge is 0.468 e. The van der Waals surface area contributed by atoms with Crippen molar-refractivity contribution in [2.24, 2.45) is 5.73 Å². The molecular weight excluding hydrogens is 222 g/mol. The Morgan fingerprint density at radius 3 is 2.29 bits per heavy atom. The third-order valence-corrected chi connectivity index (χ3v) is 3.45. The van der Waals surface area contributed by atoms with Crippen molar-refractivity contribution < 1.29 is 14.3 Å². The molecule has 0 aromatic heterocycles. The van der Waals surface area contributed by atoms with Gasteiger partial charge in [0.05, 0.1) is 19.2 Å². The Morgan fingerprint density at radius 1 is 1.24 bits per heavy atom. The number of nitrogens with two attached hydrogens (primary N) is 1. The molecule has 2 rings (SSSR count). The van der Waals surface area contributed by atoms with Gasteiger partial charge >= 0.3 is 5.97 Å². The fourth-order valence-corrected chi connectivity index (χ4v) is 2.02. The van der Waals surface area contributed by atoms with E-state index in [1.165, 1.54) is 7.11 Å². The van der Waals surface area contributed by atoms with E-state index >= 15 is 0 Å². The number of hydrogen-bond acceptors (Lipinski definition) is 5. The molecule has 0 radical (unpaired) electrons. The first-order valence-electron chi connectivity index (χ1n) is 5.92. The number of piperazine rings is 1. The SMILES string of the molecule is COC(=O)CN1CCN(C(=O)C2(N)CC2)CC1. The number of hydrogen-bond donors (Lipinski definition) is 1. The van der Waals surface area contributed by atoms with Gasteiger partial charge in [-0.3, -0.25) is 14.5 Å². The molecule has 1 aliphatic heterocycles. The van der Waals surface area contributed by atoms with Crippen LogP contribution in [0.4, 0.5) is 0 Å². The molecular formula is C11H19N3O3. The van der Waals surface area contributed by atoms with Gasteiger partial charge in [-0.2, -0.15) is 0 Å². The maximum absolute atomic E-state index is 12.0. The van der Waals surface area contributed by atoms with Crippen molar-refractivity contribution in [3.05, 3.63) is 0 Å². The van der Waals surface area contributed by atoms with Gasteiger partial charge in [-0.15, -0.1) is 0 Å². The molecule has 0 aromatic rings. The van der Waals surface area contributed by atoms with E-state index in [0.29, 0.717) is 32.7 Å². The second kappa shape index (κ2) is 4.62. The van der Waals surface area contributed by atoms with Gasteiger partial charge in [-0.25, -0.2) is 0 Å². The van der Waals surface area contributed by atoms with Crippen molar-refractivity contribution >= 4 is 11.9 Å². The molecule has 0 bridgehead atoms. The average molecular weight is 241 g/mol. The minimum Gasteiger partial charge on any atom is -0.468 e. The van der Waals surface area contributed by atoms with Crippen LogP contribution in [0.25, 0.3) is 0 Å². The predicted octanol–water partition coefficient (Wildman–Crippen LogP) is -1.21. The summed E-state index contributed by atoms with van der Waals surface area (Å²) in [4.78, 5) is 26.9. The summed E-state index contributed by atoms with van der Waals surface area (Å²) in [7, 11) is 1.38. The predicted molar refractivity (Wildman–Crippen MR) is 61.2 cm³/mol. The van der Waals surface area contributed by atoms with Crippen LogP contribution in [0.3, 0.4) is 0 Å². The van der Waals surface area contributed by atoms with Crippen molar-refractivity contribution in [3.63, 3.8) is 0 Å². The fourth-order valence-electron chi connectivity index (χ4n) is 2.02. The maximum atomic E-state index is 12.0. The van der Waals surface area contributed by atoms with Crippen molar-refractivity contribution in [1.29, 1.82) is 0 Å². The zero-order valence-corrected chi connectivity index (χ0v) is 10.1. The molecule has 1 saturated heterocycles. The molecule has 0 spiro atoms. The Hall–Kier alpha value is -1.14. The summed E-state index contributed by atoms with van der Waals surface area (Å²) in [5.74, 6) is -0.169. The van der Waals surface area contributed by atoms with Crippen LogP contribution in [-0.4, -0.2) is 67.0 Å². The molecule has 1 amide bonds. The number of amides is 1. The Kier molecular flexibility index (Phi) is 3.35. The summed E-state index contributed by atoms with van der Waals surface area (Å²) in [5, 5.41) is 0. The molecule has 6 nitrogen and oxygen atoms in total. The van der Waals surface area contributed by atoms with Crippen LogP contribution in [0.15, 0.2) is 0 Å². The minimum atomic E-state index is -0.579. The first kappa shape index (κ1) is 12.3. The zero-order chi connectivity index (χ0) is 12.5. The van der Waals surface area contributed by atoms with Crippen molar-refractivity contribution in [2.45, 2.75) is 18.4 Å². The zero-order valence-electron chi connectivity index (χ0n) is 10.1. The molecule has 0 aromatic carbocycles. The van der Waals surface area contributed by atoms with E-state index in [1.54, 1.807) is 4.90 Å². The summed E-state index contributed by atoms with van der Waals surface area (Å²) in [5.41, 5.74) is 5.30. The topological polar surface area (TPSA) is 75.9 Å². The van der Waals surface area contributed by atoms with E-state index in [4.69, 9.17) is 5.73 Å². The highest BCUT2D eigenvalue weighted by atomic mass is 16.5. The van der Waals surface area contributed by atoms with Gasteiger partial charge < -0.3 is 15.4 Å². The third kappa shape index (κ3) is 2.76. The van der Waals surface area contributed by atoms with Gasteiger partial charge in [0, 0.05) is 26.2 Å². The molecule has 1 heterocycles. The van der Waals surface area contributed by atoms with E-state index < -0.39 is 5.54 Å². The van der Waals surface area contributed by atoms with Crippen LogP contribution < -0.4 is 5.73 Å². The minimum absolute atomic E-state index is 0.0650. The highest BCUT2D eigenvalue weighted by Gasteiger charge is 2.48. The summed E-state index contributed by atoms with van der Waals surface area (Å²) >= 11 is 0. The van der Waals surface area contributed by atoms with Gasteiger partial charge in [0.2, 0.25) is 5.91 Å². The monoisotopic (exact) mass is 241 g/mol. The smallest absolute Gasteiger partial charge is 0.319 e. The van der Waals surface area contributed by atoms with Gasteiger partial charge in [-0.1, -0.05) is 0 Å². The summed E-state index contributed by atoms with van der Waals surface area (Å²) < 4.78 is 4.61. The molecule has 6 heteroatoms. The van der Waals surface area contributed by atoms with Crippen LogP contribution >= 0.6 is 0 Å². The van der Waals surface area contributed by atoms with Gasteiger partial charge in [-0.05, 0) is 12.8 Å². The molecule has 0 atom stereocenters. The summed E-state index contributed by atoms with van der Waals surface area (Å²) in [6.07, 6.45) is 1.60. The van der Waals surface area contributed by atoms with E-state index in [0.717, 1.165) is 12.8 Å². The molecule has 2 aliphatic rings. The number of carbonyl (C=O) groups is 2. The molecule has 2 fully saturated rings. The standard InChI is InChI=1S/C11H19N3O3/c1-17-9(15)8-13-4-6-14(7-5-13)10(16)11(12)2-3-11/h2-8,12H2,1H3. The lowest BCUT2D eigenvalue weighted by Gasteiger charge is -2.35. The van der Waals surface area contributed by atoms with Gasteiger partial charge in [0.25, 0.3) is 0 Å². The lowest BCUT2D eigenvalue weighted by molar-refractivity contribution is -0.143. The molecule has 96 valence electrons. The third-order valence-electron chi connectivity index (χ3n) is 3.45. The number of ether oxygens (including phenoxy) is 1. The number of rotatable bonds is 3. The van der Waals surface area contributed by atoms with Gasteiger partial charge in [0.1, 0.15) is 0 Å². The second-order valence-corrected chi connectivity index (χ2v) is 4.80. The molecule has 17 heavy (non-hydrogen) atoms. The highest BCUT2D eigenvalue weighted by molar-refractivity contribution is 5.89. The van der Waals surface area contributed by atoms with E-state index in [-0.39, 0.29) is 11.9 Å². The maximum Gasteiger partial charge on any atom is 0.319 e. The Morgan fingerprint density at radius 2 is 1.82 bits per heavy atom. The van der Waals surface area contributed by atoms with Crippen molar-refractivity contribution in [2.75, 3.05) is 39.8 Å². The summed E-state index contributed by atoms with van der Waals surface area (Å²) in [6.45, 7) is 3.00. The Labute approximate surface area is 101 Å². The fraction of sp³-hybridized carbons (Fsp3) is 0.818. The Bertz CT molecular complexity index is 320. The lowest BCUT2D eigenvalue weighted by Crippen LogP contribution is -2.54. The van der Waals surface area contributed by atoms with Crippen LogP contribution in [0, 0.1) is 0 Å². The number of esters is 1. The van der Waals surface area contributed by atoms with E-state index in [1.807, 2.05) is 4.90 Å². The molecule has 1 aliphatic carbocycles. The lowest BCUT2D eigenvalue weighted by atomic mass is 10.2. The van der Waals surface area contributed by atoms with Crippen molar-refractivity contribution in [1.82, 2.24) is 9.80 Å². The van der Waals surface area contributed by atoms with Crippen molar-refractivity contribution in [3.8, 4) is 0 Å². The van der Waals surface area contributed by atoms with Crippen LogP contribution in [0.5, 0.6) is 0 Å². The van der Waals surface area contributed by atoms with Crippen LogP contribution in [0.1, 0.15) is 12.8 Å². The van der Waals surface area contributed by atoms with E-state index in [2.05, 4.69) is 4.74 Å². The van der Waals surface area contributed by atoms with E-state index in [9.17, 15) is 9.59 Å². The normalized spacial score (nSPS) is 23.3. The number of carbonyl (C=O) groups excluding carboxylic acids is 2. The number of methoxy groups -OCH3 is 1. The number of nitrogens with zero attached hydrogens (tertiary/aromatic N) is 2. The quantitative estimate of drug-likeness (QED) is 0.628.